The van der Waals surface area contributed by atoms with E-state index in [1.54, 1.807) is 17.9 Å². The third-order valence-corrected chi connectivity index (χ3v) is 2.53. The standard InChI is InChI=1S/C10H13N7O2/c1-3-6-7(4-16(2)15-6)14-10-8(17(18)19)9(11)12-5-13-10/h4-5H,3H2,1-2H3,(H3,11,12,13,14). The van der Waals surface area contributed by atoms with Crippen LogP contribution >= 0.6 is 0 Å². The van der Waals surface area contributed by atoms with Crippen molar-refractivity contribution in [2.45, 2.75) is 13.3 Å². The van der Waals surface area contributed by atoms with Crippen LogP contribution < -0.4 is 11.1 Å². The highest BCUT2D eigenvalue weighted by atomic mass is 16.6. The highest BCUT2D eigenvalue weighted by Gasteiger charge is 2.22. The molecule has 2 heterocycles. The monoisotopic (exact) mass is 263 g/mol. The SMILES string of the molecule is CCc1nn(C)cc1Nc1ncnc(N)c1[N+](=O)[O-]. The minimum absolute atomic E-state index is 0.0557. The van der Waals surface area contributed by atoms with Crippen molar-refractivity contribution in [1.29, 1.82) is 0 Å². The summed E-state index contributed by atoms with van der Waals surface area (Å²) in [4.78, 5) is 17.8. The lowest BCUT2D eigenvalue weighted by Crippen LogP contribution is -2.05. The van der Waals surface area contributed by atoms with Crippen molar-refractivity contribution in [1.82, 2.24) is 19.7 Å². The number of aryl methyl sites for hydroxylation is 2. The molecule has 0 aromatic carbocycles. The number of nitrogens with two attached hydrogens (primary N) is 1. The number of rotatable bonds is 4. The Morgan fingerprint density at radius 1 is 1.53 bits per heavy atom. The topological polar surface area (TPSA) is 125 Å². The summed E-state index contributed by atoms with van der Waals surface area (Å²) in [6.45, 7) is 1.94. The Balaban J connectivity index is 2.43. The van der Waals surface area contributed by atoms with Crippen LogP contribution in [0.15, 0.2) is 12.5 Å². The van der Waals surface area contributed by atoms with Crippen molar-refractivity contribution in [3.8, 4) is 0 Å². The number of nitrogens with zero attached hydrogens (tertiary/aromatic N) is 5. The summed E-state index contributed by atoms with van der Waals surface area (Å²) < 4.78 is 1.62. The van der Waals surface area contributed by atoms with Gasteiger partial charge in [-0.2, -0.15) is 5.10 Å². The highest BCUT2D eigenvalue weighted by Crippen LogP contribution is 2.29. The van der Waals surface area contributed by atoms with Gasteiger partial charge in [0.1, 0.15) is 6.33 Å². The molecule has 0 amide bonds. The Hall–Kier alpha value is -2.71. The summed E-state index contributed by atoms with van der Waals surface area (Å²) >= 11 is 0. The van der Waals surface area contributed by atoms with E-state index >= 15 is 0 Å². The van der Waals surface area contributed by atoms with E-state index in [4.69, 9.17) is 5.73 Å². The van der Waals surface area contributed by atoms with Gasteiger partial charge in [0, 0.05) is 13.2 Å². The van der Waals surface area contributed by atoms with E-state index in [0.29, 0.717) is 12.1 Å². The van der Waals surface area contributed by atoms with Gasteiger partial charge in [0.15, 0.2) is 0 Å². The maximum absolute atomic E-state index is 11.0. The van der Waals surface area contributed by atoms with Gasteiger partial charge in [-0.15, -0.1) is 0 Å². The molecule has 0 atom stereocenters. The summed E-state index contributed by atoms with van der Waals surface area (Å²) in [5.74, 6) is -0.121. The van der Waals surface area contributed by atoms with Gasteiger partial charge in [0.25, 0.3) is 0 Å². The molecule has 2 aromatic heterocycles. The van der Waals surface area contributed by atoms with Gasteiger partial charge in [-0.3, -0.25) is 14.8 Å². The first kappa shape index (κ1) is 12.7. The first-order chi connectivity index (χ1) is 9.02. The molecule has 2 rings (SSSR count). The fraction of sp³-hybridized carbons (Fsp3) is 0.300. The van der Waals surface area contributed by atoms with E-state index in [0.717, 1.165) is 5.69 Å². The molecule has 0 saturated carbocycles. The van der Waals surface area contributed by atoms with Gasteiger partial charge in [-0.05, 0) is 6.42 Å². The Bertz CT molecular complexity index is 622. The lowest BCUT2D eigenvalue weighted by Gasteiger charge is -2.05. The number of anilines is 3. The van der Waals surface area contributed by atoms with E-state index in [9.17, 15) is 10.1 Å². The predicted octanol–water partition coefficient (Wildman–Crippen LogP) is 1.01. The predicted molar refractivity (Wildman–Crippen MR) is 69.0 cm³/mol. The van der Waals surface area contributed by atoms with E-state index in [1.807, 2.05) is 6.92 Å². The van der Waals surface area contributed by atoms with Crippen molar-refractivity contribution in [3.05, 3.63) is 28.3 Å². The average molecular weight is 263 g/mol. The van der Waals surface area contributed by atoms with Crippen molar-refractivity contribution < 1.29 is 4.92 Å². The zero-order chi connectivity index (χ0) is 14.0. The van der Waals surface area contributed by atoms with Crippen LogP contribution in [0.25, 0.3) is 0 Å². The normalized spacial score (nSPS) is 10.4. The van der Waals surface area contributed by atoms with Crippen LogP contribution in [-0.2, 0) is 13.5 Å². The number of hydrogen-bond acceptors (Lipinski definition) is 7. The van der Waals surface area contributed by atoms with Crippen LogP contribution in [0.5, 0.6) is 0 Å². The number of aromatic nitrogens is 4. The number of hydrogen-bond donors (Lipinski definition) is 2. The molecule has 0 aliphatic carbocycles. The minimum Gasteiger partial charge on any atom is -0.378 e. The summed E-state index contributed by atoms with van der Waals surface area (Å²) in [7, 11) is 1.77. The van der Waals surface area contributed by atoms with Gasteiger partial charge >= 0.3 is 5.69 Å². The fourth-order valence-electron chi connectivity index (χ4n) is 1.69. The van der Waals surface area contributed by atoms with Crippen LogP contribution in [0.3, 0.4) is 0 Å². The molecule has 19 heavy (non-hydrogen) atoms. The molecule has 0 radical (unpaired) electrons. The van der Waals surface area contributed by atoms with Gasteiger partial charge < -0.3 is 11.1 Å². The molecule has 0 fully saturated rings. The number of nitrogen functional groups attached to an aromatic ring is 1. The summed E-state index contributed by atoms with van der Waals surface area (Å²) in [6.07, 6.45) is 3.59. The molecule has 2 aromatic rings. The molecular weight excluding hydrogens is 250 g/mol. The third-order valence-electron chi connectivity index (χ3n) is 2.53. The Morgan fingerprint density at radius 3 is 2.89 bits per heavy atom. The summed E-state index contributed by atoms with van der Waals surface area (Å²) in [5, 5.41) is 18.1. The van der Waals surface area contributed by atoms with Crippen LogP contribution in [0.4, 0.5) is 23.0 Å². The molecule has 0 aliphatic rings. The summed E-state index contributed by atoms with van der Waals surface area (Å²) in [5.41, 5.74) is 6.60. The van der Waals surface area contributed by atoms with Crippen molar-refractivity contribution in [2.75, 3.05) is 11.1 Å². The second-order valence-electron chi connectivity index (χ2n) is 3.85. The molecule has 100 valence electrons. The molecule has 0 unspecified atom stereocenters. The van der Waals surface area contributed by atoms with E-state index in [-0.39, 0.29) is 17.3 Å². The van der Waals surface area contributed by atoms with Crippen molar-refractivity contribution in [2.24, 2.45) is 7.05 Å². The van der Waals surface area contributed by atoms with Crippen molar-refractivity contribution in [3.63, 3.8) is 0 Å². The number of nitro groups is 1. The molecule has 0 saturated heterocycles. The van der Waals surface area contributed by atoms with E-state index in [1.165, 1.54) is 6.33 Å². The van der Waals surface area contributed by atoms with Crippen molar-refractivity contribution >= 4 is 23.0 Å². The van der Waals surface area contributed by atoms with Gasteiger partial charge in [-0.25, -0.2) is 9.97 Å². The van der Waals surface area contributed by atoms with Crippen LogP contribution in [0.1, 0.15) is 12.6 Å². The minimum atomic E-state index is -0.611. The van der Waals surface area contributed by atoms with Gasteiger partial charge in [-0.1, -0.05) is 6.92 Å². The maximum atomic E-state index is 11.0. The molecule has 0 bridgehead atoms. The first-order valence-corrected chi connectivity index (χ1v) is 5.57. The molecule has 9 heteroatoms. The molecule has 3 N–H and O–H groups in total. The van der Waals surface area contributed by atoms with Crippen LogP contribution in [0, 0.1) is 10.1 Å². The largest absolute Gasteiger partial charge is 0.378 e. The molecular formula is C10H13N7O2. The van der Waals surface area contributed by atoms with E-state index < -0.39 is 4.92 Å². The summed E-state index contributed by atoms with van der Waals surface area (Å²) in [6, 6.07) is 0. The van der Waals surface area contributed by atoms with Gasteiger partial charge in [0.2, 0.25) is 11.6 Å². The molecule has 0 spiro atoms. The third kappa shape index (κ3) is 2.44. The van der Waals surface area contributed by atoms with Crippen LogP contribution in [-0.4, -0.2) is 24.7 Å². The number of nitrogens with one attached hydrogen (secondary N) is 1. The van der Waals surface area contributed by atoms with Crippen LogP contribution in [0.2, 0.25) is 0 Å². The highest BCUT2D eigenvalue weighted by molar-refractivity contribution is 5.72. The average Bonchev–Trinajstić information content (AvgIpc) is 2.69. The quantitative estimate of drug-likeness (QED) is 0.622. The zero-order valence-corrected chi connectivity index (χ0v) is 10.5. The molecule has 9 nitrogen and oxygen atoms in total. The molecule has 0 aliphatic heterocycles. The lowest BCUT2D eigenvalue weighted by atomic mass is 10.3. The van der Waals surface area contributed by atoms with E-state index in [2.05, 4.69) is 20.4 Å². The first-order valence-electron chi connectivity index (χ1n) is 5.57. The zero-order valence-electron chi connectivity index (χ0n) is 10.5. The Morgan fingerprint density at radius 2 is 2.26 bits per heavy atom. The smallest absolute Gasteiger partial charge is 0.353 e. The Kier molecular flexibility index (Phi) is 3.27. The van der Waals surface area contributed by atoms with Gasteiger partial charge in [0.05, 0.1) is 16.3 Å². The lowest BCUT2D eigenvalue weighted by molar-refractivity contribution is -0.383. The Labute approximate surface area is 108 Å². The second-order valence-corrected chi connectivity index (χ2v) is 3.85. The fourth-order valence-corrected chi connectivity index (χ4v) is 1.69. The maximum Gasteiger partial charge on any atom is 0.353 e. The second kappa shape index (κ2) is 4.88.